The molecule has 40 heavy (non-hydrogen) atoms. The van der Waals surface area contributed by atoms with Crippen molar-refractivity contribution < 1.29 is 24.2 Å². The van der Waals surface area contributed by atoms with Crippen LogP contribution in [0, 0.1) is 0 Å². The van der Waals surface area contributed by atoms with Crippen molar-refractivity contribution in [1.82, 2.24) is 15.1 Å². The van der Waals surface area contributed by atoms with Crippen LogP contribution in [0.25, 0.3) is 11.1 Å². The van der Waals surface area contributed by atoms with Crippen molar-refractivity contribution in [3.8, 4) is 11.1 Å². The van der Waals surface area contributed by atoms with E-state index >= 15 is 0 Å². The molecule has 1 aliphatic carbocycles. The highest BCUT2D eigenvalue weighted by atomic mass is 16.5. The Kier molecular flexibility index (Phi) is 8.45. The molecule has 2 atom stereocenters. The summed E-state index contributed by atoms with van der Waals surface area (Å²) in [4.78, 5) is 41.8. The van der Waals surface area contributed by atoms with E-state index < -0.39 is 18.1 Å². The number of alkyl carbamates (subject to hydrolysis) is 1. The molecule has 0 spiro atoms. The van der Waals surface area contributed by atoms with E-state index in [9.17, 15) is 19.5 Å². The van der Waals surface area contributed by atoms with Gasteiger partial charge in [0.25, 0.3) is 0 Å². The summed E-state index contributed by atoms with van der Waals surface area (Å²) in [7, 11) is 1.89. The fraction of sp³-hybridized carbons (Fsp3) is 0.344. The third-order valence-electron chi connectivity index (χ3n) is 7.79. The molecule has 0 saturated carbocycles. The number of ether oxygens (including phenoxy) is 1. The first kappa shape index (κ1) is 27.4. The van der Waals surface area contributed by atoms with E-state index in [4.69, 9.17) is 4.74 Å². The molecule has 1 heterocycles. The van der Waals surface area contributed by atoms with Crippen LogP contribution in [0.15, 0.2) is 78.9 Å². The number of carboxylic acid groups (broad SMARTS) is 1. The molecule has 2 unspecified atom stereocenters. The third kappa shape index (κ3) is 6.18. The summed E-state index contributed by atoms with van der Waals surface area (Å²) in [6.07, 6.45) is 0.599. The number of aliphatic carboxylic acids is 1. The predicted octanol–water partition coefficient (Wildman–Crippen LogP) is 4.49. The molecule has 3 aromatic rings. The summed E-state index contributed by atoms with van der Waals surface area (Å²) in [6.45, 7) is 1.47. The lowest BCUT2D eigenvalue weighted by Gasteiger charge is -2.31. The van der Waals surface area contributed by atoms with Crippen LogP contribution < -0.4 is 5.32 Å². The molecule has 0 bridgehead atoms. The molecule has 208 valence electrons. The van der Waals surface area contributed by atoms with Gasteiger partial charge in [-0.2, -0.15) is 0 Å². The Balaban J connectivity index is 1.28. The van der Waals surface area contributed by atoms with Crippen molar-refractivity contribution >= 4 is 18.0 Å². The quantitative estimate of drug-likeness (QED) is 0.392. The number of hydrogen-bond acceptors (Lipinski definition) is 5. The minimum Gasteiger partial charge on any atom is -0.481 e. The van der Waals surface area contributed by atoms with E-state index in [2.05, 4.69) is 29.6 Å². The molecule has 8 heteroatoms. The number of rotatable bonds is 10. The molecule has 2 amide bonds. The smallest absolute Gasteiger partial charge is 0.407 e. The van der Waals surface area contributed by atoms with Gasteiger partial charge in [-0.1, -0.05) is 78.9 Å². The van der Waals surface area contributed by atoms with E-state index in [1.54, 1.807) is 4.90 Å². The van der Waals surface area contributed by atoms with Crippen LogP contribution in [0.5, 0.6) is 0 Å². The minimum atomic E-state index is -0.938. The van der Waals surface area contributed by atoms with Gasteiger partial charge in [-0.25, -0.2) is 4.79 Å². The van der Waals surface area contributed by atoms with Gasteiger partial charge in [0.1, 0.15) is 12.6 Å². The number of carboxylic acids is 1. The SMILES string of the molecule is CN(Cc1ccccc1)CC(NC(=O)OCC1c2ccccc2-c2ccccc21)C(=O)N1CCCC1CC(=O)O. The molecule has 1 saturated heterocycles. The van der Waals surface area contributed by atoms with Gasteiger partial charge in [-0.3, -0.25) is 14.5 Å². The van der Waals surface area contributed by atoms with Crippen molar-refractivity contribution in [1.29, 1.82) is 0 Å². The zero-order valence-corrected chi connectivity index (χ0v) is 22.7. The topological polar surface area (TPSA) is 99.2 Å². The van der Waals surface area contributed by atoms with Crippen molar-refractivity contribution in [2.45, 2.75) is 43.8 Å². The first-order valence-electron chi connectivity index (χ1n) is 13.8. The van der Waals surface area contributed by atoms with Gasteiger partial charge in [0.2, 0.25) is 5.91 Å². The molecule has 1 fully saturated rings. The lowest BCUT2D eigenvalue weighted by Crippen LogP contribution is -2.54. The summed E-state index contributed by atoms with van der Waals surface area (Å²) in [5, 5.41) is 12.2. The summed E-state index contributed by atoms with van der Waals surface area (Å²) < 4.78 is 5.74. The van der Waals surface area contributed by atoms with Gasteiger partial charge in [-0.15, -0.1) is 0 Å². The van der Waals surface area contributed by atoms with E-state index in [1.807, 2.05) is 66.5 Å². The van der Waals surface area contributed by atoms with E-state index in [0.717, 1.165) is 34.2 Å². The summed E-state index contributed by atoms with van der Waals surface area (Å²) in [6, 6.07) is 24.9. The molecule has 3 aromatic carbocycles. The summed E-state index contributed by atoms with van der Waals surface area (Å²) in [5.74, 6) is -1.31. The Labute approximate surface area is 234 Å². The lowest BCUT2D eigenvalue weighted by molar-refractivity contribution is -0.140. The highest BCUT2D eigenvalue weighted by molar-refractivity contribution is 5.87. The molecular formula is C32H35N3O5. The largest absolute Gasteiger partial charge is 0.481 e. The zero-order valence-electron chi connectivity index (χ0n) is 22.7. The number of benzene rings is 3. The molecule has 2 N–H and O–H groups in total. The van der Waals surface area contributed by atoms with Crippen LogP contribution in [-0.2, 0) is 20.9 Å². The number of carbonyl (C=O) groups excluding carboxylic acids is 2. The van der Waals surface area contributed by atoms with E-state index in [-0.39, 0.29) is 37.4 Å². The maximum atomic E-state index is 13.7. The molecule has 8 nitrogen and oxygen atoms in total. The van der Waals surface area contributed by atoms with Gasteiger partial charge in [-0.05, 0) is 47.7 Å². The monoisotopic (exact) mass is 541 g/mol. The Morgan fingerprint density at radius 2 is 1.60 bits per heavy atom. The maximum Gasteiger partial charge on any atom is 0.407 e. The molecular weight excluding hydrogens is 506 g/mol. The number of nitrogens with zero attached hydrogens (tertiary/aromatic N) is 2. The third-order valence-corrected chi connectivity index (χ3v) is 7.79. The first-order valence-corrected chi connectivity index (χ1v) is 13.8. The number of hydrogen-bond donors (Lipinski definition) is 2. The summed E-state index contributed by atoms with van der Waals surface area (Å²) in [5.41, 5.74) is 5.59. The lowest BCUT2D eigenvalue weighted by atomic mass is 9.98. The van der Waals surface area contributed by atoms with E-state index in [1.165, 1.54) is 0 Å². The first-order chi connectivity index (χ1) is 19.4. The van der Waals surface area contributed by atoms with Crippen LogP contribution in [0.2, 0.25) is 0 Å². The molecule has 0 aromatic heterocycles. The second-order valence-electron chi connectivity index (χ2n) is 10.6. The van der Waals surface area contributed by atoms with Crippen LogP contribution in [0.4, 0.5) is 4.79 Å². The predicted molar refractivity (Wildman–Crippen MR) is 152 cm³/mol. The van der Waals surface area contributed by atoms with Gasteiger partial charge in [0, 0.05) is 31.6 Å². The number of carbonyl (C=O) groups is 3. The summed E-state index contributed by atoms with van der Waals surface area (Å²) >= 11 is 0. The van der Waals surface area contributed by atoms with Crippen molar-refractivity contribution in [2.75, 3.05) is 26.7 Å². The van der Waals surface area contributed by atoms with E-state index in [0.29, 0.717) is 19.5 Å². The molecule has 1 aliphatic heterocycles. The average Bonchev–Trinajstić information content (AvgIpc) is 3.53. The number of nitrogens with one attached hydrogen (secondary N) is 1. The fourth-order valence-electron chi connectivity index (χ4n) is 5.98. The standard InChI is InChI=1S/C32H35N3O5/c1-34(19-22-10-3-2-4-11-22)20-29(31(38)35-17-9-12-23(35)18-30(36)37)33-32(39)40-21-28-26-15-7-5-13-24(26)25-14-6-8-16-27(25)28/h2-8,10-11,13-16,23,28-29H,9,12,17-21H2,1H3,(H,33,39)(H,36,37). The second kappa shape index (κ2) is 12.3. The molecule has 2 aliphatic rings. The van der Waals surface area contributed by atoms with Gasteiger partial charge in [0.05, 0.1) is 6.42 Å². The van der Waals surface area contributed by atoms with Crippen LogP contribution in [0.3, 0.4) is 0 Å². The number of fused-ring (bicyclic) bond motifs is 3. The van der Waals surface area contributed by atoms with Gasteiger partial charge < -0.3 is 20.1 Å². The highest BCUT2D eigenvalue weighted by Crippen LogP contribution is 2.44. The Hall–Kier alpha value is -4.17. The normalized spacial score (nSPS) is 16.9. The van der Waals surface area contributed by atoms with Crippen LogP contribution in [0.1, 0.15) is 41.9 Å². The van der Waals surface area contributed by atoms with Crippen molar-refractivity contribution in [3.05, 3.63) is 95.6 Å². The zero-order chi connectivity index (χ0) is 28.1. The van der Waals surface area contributed by atoms with Crippen LogP contribution in [-0.4, -0.2) is 71.7 Å². The Bertz CT molecular complexity index is 1320. The average molecular weight is 542 g/mol. The molecule has 0 radical (unpaired) electrons. The van der Waals surface area contributed by atoms with Crippen molar-refractivity contribution in [3.63, 3.8) is 0 Å². The number of likely N-dealkylation sites (N-methyl/N-ethyl adjacent to an activating group) is 1. The number of likely N-dealkylation sites (tertiary alicyclic amines) is 1. The molecule has 5 rings (SSSR count). The van der Waals surface area contributed by atoms with Crippen LogP contribution >= 0.6 is 0 Å². The van der Waals surface area contributed by atoms with Gasteiger partial charge >= 0.3 is 12.1 Å². The Morgan fingerprint density at radius 1 is 0.975 bits per heavy atom. The minimum absolute atomic E-state index is 0.0911. The highest BCUT2D eigenvalue weighted by Gasteiger charge is 2.36. The van der Waals surface area contributed by atoms with Gasteiger partial charge in [0.15, 0.2) is 0 Å². The number of amides is 2. The maximum absolute atomic E-state index is 13.7. The Morgan fingerprint density at radius 3 is 2.25 bits per heavy atom. The van der Waals surface area contributed by atoms with Crippen molar-refractivity contribution in [2.24, 2.45) is 0 Å². The fourth-order valence-corrected chi connectivity index (χ4v) is 5.98. The second-order valence-corrected chi connectivity index (χ2v) is 10.6.